The molecule has 52 valence electrons. The molecule has 0 aromatic heterocycles. The van der Waals surface area contributed by atoms with Crippen LogP contribution < -0.4 is 0 Å². The molecule has 0 aromatic carbocycles. The zero-order valence-corrected chi connectivity index (χ0v) is 4.71. The van der Waals surface area contributed by atoms with Gasteiger partial charge in [0.05, 0.1) is 0 Å². The van der Waals surface area contributed by atoms with Crippen LogP contribution in [0, 0.1) is 0 Å². The Morgan fingerprint density at radius 1 is 1.44 bits per heavy atom. The maximum atomic E-state index is 9.81. The molecule has 2 N–H and O–H groups in total. The number of esters is 2. The molecule has 9 heavy (non-hydrogen) atoms. The van der Waals surface area contributed by atoms with Crippen LogP contribution in [0.25, 0.3) is 0 Å². The summed E-state index contributed by atoms with van der Waals surface area (Å²) in [5.74, 6) is -1.93. The van der Waals surface area contributed by atoms with E-state index in [2.05, 4.69) is 4.74 Å². The van der Waals surface area contributed by atoms with Crippen molar-refractivity contribution in [2.24, 2.45) is 0 Å². The molecule has 0 bridgehead atoms. The van der Waals surface area contributed by atoms with Gasteiger partial charge in [0, 0.05) is 6.92 Å². The molecule has 0 aliphatic heterocycles. The largest absolute Gasteiger partial charge is 0.412 e. The molecule has 0 spiro atoms. The zero-order chi connectivity index (χ0) is 6.57. The first-order chi connectivity index (χ1) is 3.66. The van der Waals surface area contributed by atoms with Crippen molar-refractivity contribution in [1.29, 1.82) is 0 Å². The van der Waals surface area contributed by atoms with Crippen molar-refractivity contribution < 1.29 is 24.6 Å². The van der Waals surface area contributed by atoms with Crippen molar-refractivity contribution in [3.63, 3.8) is 0 Å². The molecule has 0 saturated heterocycles. The Labute approximate surface area is 50.9 Å². The standard InChI is InChI=1S/C4H4O4.H2O/c1-3(6)8-4(7)2-5;/h2H,1H3;1H2. The van der Waals surface area contributed by atoms with Gasteiger partial charge in [0.25, 0.3) is 0 Å². The van der Waals surface area contributed by atoms with Crippen molar-refractivity contribution in [3.05, 3.63) is 0 Å². The van der Waals surface area contributed by atoms with Gasteiger partial charge in [-0.2, -0.15) is 0 Å². The first-order valence-electron chi connectivity index (χ1n) is 1.84. The molecule has 0 radical (unpaired) electrons. The van der Waals surface area contributed by atoms with E-state index in [1.54, 1.807) is 0 Å². The summed E-state index contributed by atoms with van der Waals surface area (Å²) in [6.45, 7) is 1.04. The molecule has 0 amide bonds. The number of ether oxygens (including phenoxy) is 1. The first kappa shape index (κ1) is 10.7. The maximum Gasteiger partial charge on any atom is 0.378 e. The van der Waals surface area contributed by atoms with E-state index in [-0.39, 0.29) is 11.8 Å². The number of aldehydes is 1. The first-order valence-corrected chi connectivity index (χ1v) is 1.84. The molecule has 0 heterocycles. The lowest BCUT2D eigenvalue weighted by Gasteiger charge is -1.86. The van der Waals surface area contributed by atoms with Crippen LogP contribution in [0.3, 0.4) is 0 Å². The highest BCUT2D eigenvalue weighted by Crippen LogP contribution is 1.72. The van der Waals surface area contributed by atoms with Crippen LogP contribution >= 0.6 is 0 Å². The van der Waals surface area contributed by atoms with Crippen molar-refractivity contribution in [2.45, 2.75) is 6.92 Å². The highest BCUT2D eigenvalue weighted by Gasteiger charge is 2.00. The van der Waals surface area contributed by atoms with Gasteiger partial charge in [0.2, 0.25) is 6.29 Å². The average Bonchev–Trinajstić information content (AvgIpc) is 1.65. The van der Waals surface area contributed by atoms with Gasteiger partial charge in [-0.05, 0) is 0 Å². The van der Waals surface area contributed by atoms with Crippen molar-refractivity contribution in [1.82, 2.24) is 0 Å². The average molecular weight is 134 g/mol. The van der Waals surface area contributed by atoms with Crippen LogP contribution in [-0.4, -0.2) is 23.7 Å². The summed E-state index contributed by atoms with van der Waals surface area (Å²) >= 11 is 0. The van der Waals surface area contributed by atoms with E-state index >= 15 is 0 Å². The van der Waals surface area contributed by atoms with Gasteiger partial charge in [-0.15, -0.1) is 0 Å². The maximum absolute atomic E-state index is 9.81. The summed E-state index contributed by atoms with van der Waals surface area (Å²) in [4.78, 5) is 29.0. The Morgan fingerprint density at radius 2 is 1.89 bits per heavy atom. The molecule has 0 aliphatic carbocycles. The molecule has 0 atom stereocenters. The second-order valence-corrected chi connectivity index (χ2v) is 1.03. The second kappa shape index (κ2) is 4.92. The van der Waals surface area contributed by atoms with Crippen molar-refractivity contribution in [3.8, 4) is 0 Å². The minimum atomic E-state index is -1.16. The van der Waals surface area contributed by atoms with E-state index in [9.17, 15) is 14.4 Å². The molecule has 0 aliphatic rings. The SMILES string of the molecule is CC(=O)OC(=O)C=O.O. The number of hydrogen-bond donors (Lipinski definition) is 0. The van der Waals surface area contributed by atoms with E-state index < -0.39 is 11.9 Å². The molecule has 0 aromatic rings. The van der Waals surface area contributed by atoms with E-state index in [4.69, 9.17) is 0 Å². The van der Waals surface area contributed by atoms with Gasteiger partial charge < -0.3 is 10.2 Å². The van der Waals surface area contributed by atoms with E-state index in [0.29, 0.717) is 0 Å². The Morgan fingerprint density at radius 3 is 2.00 bits per heavy atom. The second-order valence-electron chi connectivity index (χ2n) is 1.03. The van der Waals surface area contributed by atoms with E-state index in [1.165, 1.54) is 0 Å². The minimum Gasteiger partial charge on any atom is -0.412 e. The van der Waals surface area contributed by atoms with Crippen LogP contribution in [0.15, 0.2) is 0 Å². The van der Waals surface area contributed by atoms with Crippen molar-refractivity contribution in [2.75, 3.05) is 0 Å². The molecule has 0 unspecified atom stereocenters. The number of hydrogen-bond acceptors (Lipinski definition) is 4. The normalized spacial score (nSPS) is 6.78. The summed E-state index contributed by atoms with van der Waals surface area (Å²) in [6.07, 6.45) is -0.0681. The molecule has 0 rings (SSSR count). The molecular weight excluding hydrogens is 128 g/mol. The summed E-state index contributed by atoms with van der Waals surface area (Å²) in [7, 11) is 0. The quantitative estimate of drug-likeness (QED) is 0.188. The summed E-state index contributed by atoms with van der Waals surface area (Å²) < 4.78 is 3.75. The molecule has 0 saturated carbocycles. The lowest BCUT2D eigenvalue weighted by atomic mass is 10.7. The van der Waals surface area contributed by atoms with Gasteiger partial charge in [-0.3, -0.25) is 9.59 Å². The fraction of sp³-hybridized carbons (Fsp3) is 0.250. The highest BCUT2D eigenvalue weighted by molar-refractivity contribution is 6.22. The van der Waals surface area contributed by atoms with Crippen molar-refractivity contribution >= 4 is 18.2 Å². The lowest BCUT2D eigenvalue weighted by Crippen LogP contribution is -2.08. The topological polar surface area (TPSA) is 91.9 Å². The zero-order valence-electron chi connectivity index (χ0n) is 4.71. The number of carbonyl (C=O) groups is 3. The summed E-state index contributed by atoms with van der Waals surface area (Å²) in [5, 5.41) is 0. The fourth-order valence-corrected chi connectivity index (χ4v) is 0.166. The van der Waals surface area contributed by atoms with E-state index in [1.807, 2.05) is 0 Å². The third-order valence-electron chi connectivity index (χ3n) is 0.341. The van der Waals surface area contributed by atoms with Gasteiger partial charge in [0.1, 0.15) is 0 Å². The molecular formula is C4H6O5. The Hall–Kier alpha value is -1.23. The van der Waals surface area contributed by atoms with Crippen LogP contribution in [0.4, 0.5) is 0 Å². The molecule has 5 heteroatoms. The highest BCUT2D eigenvalue weighted by atomic mass is 16.6. The van der Waals surface area contributed by atoms with Gasteiger partial charge in [0.15, 0.2) is 0 Å². The predicted molar refractivity (Wildman–Crippen MR) is 26.5 cm³/mol. The predicted octanol–water partition coefficient (Wildman–Crippen LogP) is -1.55. The Kier molecular flexibility index (Phi) is 5.84. The van der Waals surface area contributed by atoms with Crippen LogP contribution in [0.1, 0.15) is 6.92 Å². The Bertz CT molecular complexity index is 127. The van der Waals surface area contributed by atoms with Crippen LogP contribution in [-0.2, 0) is 19.1 Å². The summed E-state index contributed by atoms with van der Waals surface area (Å²) in [5.41, 5.74) is 0. The minimum absolute atomic E-state index is 0. The number of rotatable bonds is 1. The summed E-state index contributed by atoms with van der Waals surface area (Å²) in [6, 6.07) is 0. The Balaban J connectivity index is 0. The molecule has 0 fully saturated rings. The lowest BCUT2D eigenvalue weighted by molar-refractivity contribution is -0.159. The van der Waals surface area contributed by atoms with Gasteiger partial charge in [-0.25, -0.2) is 4.79 Å². The third kappa shape index (κ3) is 6.77. The number of carbonyl (C=O) groups excluding carboxylic acids is 3. The van der Waals surface area contributed by atoms with Crippen LogP contribution in [0.2, 0.25) is 0 Å². The fourth-order valence-electron chi connectivity index (χ4n) is 0.166. The van der Waals surface area contributed by atoms with Gasteiger partial charge >= 0.3 is 11.9 Å². The molecule has 5 nitrogen and oxygen atoms in total. The van der Waals surface area contributed by atoms with Crippen LogP contribution in [0.5, 0.6) is 0 Å². The van der Waals surface area contributed by atoms with E-state index in [0.717, 1.165) is 6.92 Å². The smallest absolute Gasteiger partial charge is 0.378 e. The monoisotopic (exact) mass is 134 g/mol. The third-order valence-corrected chi connectivity index (χ3v) is 0.341. The van der Waals surface area contributed by atoms with Gasteiger partial charge in [-0.1, -0.05) is 0 Å².